The Labute approximate surface area is 225 Å². The summed E-state index contributed by atoms with van der Waals surface area (Å²) in [5.41, 5.74) is 2.97. The molecule has 0 aromatic heterocycles. The highest BCUT2D eigenvalue weighted by atomic mass is 35.5. The van der Waals surface area contributed by atoms with Gasteiger partial charge in [-0.2, -0.15) is 0 Å². The van der Waals surface area contributed by atoms with E-state index >= 15 is 0 Å². The van der Waals surface area contributed by atoms with Crippen LogP contribution in [0.25, 0.3) is 0 Å². The average molecular weight is 541 g/mol. The summed E-state index contributed by atoms with van der Waals surface area (Å²) in [5, 5.41) is 5.33. The first-order valence-electron chi connectivity index (χ1n) is 12.0. The van der Waals surface area contributed by atoms with Gasteiger partial charge in [0.2, 0.25) is 0 Å². The van der Waals surface area contributed by atoms with Gasteiger partial charge in [0.25, 0.3) is 5.91 Å². The lowest BCUT2D eigenvalue weighted by atomic mass is 9.89. The van der Waals surface area contributed by atoms with Crippen LogP contribution in [0.3, 0.4) is 0 Å². The molecule has 1 fully saturated rings. The molecule has 1 amide bonds. The normalized spacial score (nSPS) is 15.9. The topological polar surface area (TPSA) is 45.1 Å². The monoisotopic (exact) mass is 539 g/mol. The van der Waals surface area contributed by atoms with E-state index in [0.29, 0.717) is 28.1 Å². The highest BCUT2D eigenvalue weighted by Crippen LogP contribution is 2.30. The zero-order valence-electron chi connectivity index (χ0n) is 20.8. The molecule has 1 unspecified atom stereocenters. The molecule has 1 heterocycles. The minimum absolute atomic E-state index is 0. The molecule has 0 spiro atoms. The van der Waals surface area contributed by atoms with Gasteiger partial charge in [0.15, 0.2) is 0 Å². The van der Waals surface area contributed by atoms with Gasteiger partial charge < -0.3 is 14.6 Å². The third kappa shape index (κ3) is 8.38. The predicted octanol–water partition coefficient (Wildman–Crippen LogP) is 6.79. The summed E-state index contributed by atoms with van der Waals surface area (Å²) in [6.45, 7) is 5.80. The maximum Gasteiger partial charge on any atom is 0.253 e. The molecule has 8 heteroatoms. The van der Waals surface area contributed by atoms with Crippen molar-refractivity contribution in [3.63, 3.8) is 0 Å². The molecule has 1 aliphatic heterocycles. The van der Waals surface area contributed by atoms with Crippen LogP contribution in [-0.2, 0) is 4.84 Å². The van der Waals surface area contributed by atoms with E-state index in [1.165, 1.54) is 0 Å². The van der Waals surface area contributed by atoms with E-state index in [1.54, 1.807) is 7.11 Å². The summed E-state index contributed by atoms with van der Waals surface area (Å²) in [5.74, 6) is 0.684. The highest BCUT2D eigenvalue weighted by Gasteiger charge is 2.25. The fraction of sp³-hybridized carbons (Fsp3) is 0.481. The number of piperidine rings is 1. The third-order valence-corrected chi connectivity index (χ3v) is 7.44. The first-order chi connectivity index (χ1) is 16.4. The van der Waals surface area contributed by atoms with Gasteiger partial charge in [-0.25, -0.2) is 0 Å². The van der Waals surface area contributed by atoms with Crippen molar-refractivity contribution in [1.82, 2.24) is 9.80 Å². The van der Waals surface area contributed by atoms with E-state index in [4.69, 9.17) is 28.0 Å². The molecule has 0 N–H and O–H groups in total. The van der Waals surface area contributed by atoms with Crippen molar-refractivity contribution in [2.24, 2.45) is 11.1 Å². The molecule has 3 rings (SSSR count). The number of nitrogens with zero attached hydrogens (tertiary/aromatic N) is 3. The van der Waals surface area contributed by atoms with E-state index in [-0.39, 0.29) is 24.2 Å². The zero-order chi connectivity index (χ0) is 24.5. The Hall–Kier alpha value is -1.79. The average Bonchev–Trinajstić information content (AvgIpc) is 2.87. The van der Waals surface area contributed by atoms with Gasteiger partial charge in [-0.3, -0.25) is 4.79 Å². The summed E-state index contributed by atoms with van der Waals surface area (Å²) in [6, 6.07) is 15.2. The van der Waals surface area contributed by atoms with Gasteiger partial charge in [0, 0.05) is 31.0 Å². The van der Waals surface area contributed by atoms with Crippen LogP contribution in [0.4, 0.5) is 0 Å². The van der Waals surface area contributed by atoms with E-state index in [2.05, 4.69) is 17.0 Å². The minimum atomic E-state index is 0. The van der Waals surface area contributed by atoms with E-state index in [9.17, 15) is 4.79 Å². The number of benzene rings is 2. The Morgan fingerprint density at radius 3 is 2.43 bits per heavy atom. The van der Waals surface area contributed by atoms with Gasteiger partial charge in [-0.05, 0) is 75.1 Å². The second-order valence-corrected chi connectivity index (χ2v) is 9.76. The molecule has 5 nitrogen and oxygen atoms in total. The van der Waals surface area contributed by atoms with Crippen LogP contribution < -0.4 is 0 Å². The van der Waals surface area contributed by atoms with Crippen LogP contribution in [-0.4, -0.2) is 61.8 Å². The van der Waals surface area contributed by atoms with Gasteiger partial charge in [-0.1, -0.05) is 59.5 Å². The third-order valence-electron chi connectivity index (χ3n) is 6.70. The first-order valence-corrected chi connectivity index (χ1v) is 12.8. The SMILES string of the molecule is CC/C(=N\OC)C1CCN(CCC(CN(C)C(=O)c2ccccc2)c2ccc(Cl)c(Cl)c2)CC1.Cl. The Kier molecular flexibility index (Phi) is 12.4. The van der Waals surface area contributed by atoms with E-state index < -0.39 is 0 Å². The molecule has 1 aliphatic rings. The summed E-state index contributed by atoms with van der Waals surface area (Å²) >= 11 is 12.5. The number of likely N-dealkylation sites (N-methyl/N-ethyl adjacent to an activating group) is 1. The number of likely N-dealkylation sites (tertiary alicyclic amines) is 1. The van der Waals surface area contributed by atoms with Gasteiger partial charge >= 0.3 is 0 Å². The lowest BCUT2D eigenvalue weighted by Crippen LogP contribution is -2.38. The minimum Gasteiger partial charge on any atom is -0.399 e. The van der Waals surface area contributed by atoms with Crippen molar-refractivity contribution in [3.8, 4) is 0 Å². The van der Waals surface area contributed by atoms with Crippen molar-refractivity contribution >= 4 is 47.2 Å². The van der Waals surface area contributed by atoms with Crippen molar-refractivity contribution in [2.45, 2.75) is 38.5 Å². The van der Waals surface area contributed by atoms with Crippen LogP contribution in [0.15, 0.2) is 53.7 Å². The number of carbonyl (C=O) groups excluding carboxylic acids is 1. The van der Waals surface area contributed by atoms with Crippen LogP contribution in [0.1, 0.15) is 54.4 Å². The van der Waals surface area contributed by atoms with Crippen molar-refractivity contribution < 1.29 is 9.63 Å². The Balaban J connectivity index is 0.00000432. The number of carbonyl (C=O) groups is 1. The molecule has 0 saturated carbocycles. The van der Waals surface area contributed by atoms with Crippen LogP contribution in [0.2, 0.25) is 10.0 Å². The van der Waals surface area contributed by atoms with Crippen molar-refractivity contribution in [1.29, 1.82) is 0 Å². The van der Waals surface area contributed by atoms with Gasteiger partial charge in [0.05, 0.1) is 15.8 Å². The fourth-order valence-electron chi connectivity index (χ4n) is 4.72. The number of hydrogen-bond donors (Lipinski definition) is 0. The Morgan fingerprint density at radius 2 is 1.83 bits per heavy atom. The molecular formula is C27H36Cl3N3O2. The fourth-order valence-corrected chi connectivity index (χ4v) is 5.02. The maximum atomic E-state index is 13.0. The molecule has 2 aromatic rings. The predicted molar refractivity (Wildman–Crippen MR) is 148 cm³/mol. The molecule has 2 aromatic carbocycles. The van der Waals surface area contributed by atoms with Crippen LogP contribution >= 0.6 is 35.6 Å². The number of amides is 1. The van der Waals surface area contributed by atoms with E-state index in [1.807, 2.05) is 60.5 Å². The number of hydrogen-bond acceptors (Lipinski definition) is 4. The lowest BCUT2D eigenvalue weighted by Gasteiger charge is -2.33. The largest absolute Gasteiger partial charge is 0.399 e. The Bertz CT molecular complexity index is 963. The molecule has 0 radical (unpaired) electrons. The molecule has 0 aliphatic carbocycles. The number of halogens is 3. The quantitative estimate of drug-likeness (QED) is 0.246. The van der Waals surface area contributed by atoms with Crippen molar-refractivity contribution in [2.75, 3.05) is 40.3 Å². The standard InChI is InChI=1S/C27H35Cl2N3O2.ClH/c1-4-26(30-34-3)20-12-15-32(16-13-20)17-14-23(22-10-11-24(28)25(29)18-22)19-31(2)27(33)21-8-6-5-7-9-21;/h5-11,18,20,23H,4,12-17,19H2,1-3H3;1H/b30-26+;. The summed E-state index contributed by atoms with van der Waals surface area (Å²) in [6.07, 6.45) is 4.06. The lowest BCUT2D eigenvalue weighted by molar-refractivity contribution is 0.0781. The molecule has 0 bridgehead atoms. The first kappa shape index (κ1) is 29.4. The second kappa shape index (κ2) is 14.7. The molecule has 192 valence electrons. The molecule has 35 heavy (non-hydrogen) atoms. The van der Waals surface area contributed by atoms with Gasteiger partial charge in [0.1, 0.15) is 7.11 Å². The zero-order valence-corrected chi connectivity index (χ0v) is 23.1. The second-order valence-electron chi connectivity index (χ2n) is 8.95. The molecular weight excluding hydrogens is 505 g/mol. The van der Waals surface area contributed by atoms with Crippen LogP contribution in [0.5, 0.6) is 0 Å². The summed E-state index contributed by atoms with van der Waals surface area (Å²) in [4.78, 5) is 22.3. The summed E-state index contributed by atoms with van der Waals surface area (Å²) in [7, 11) is 3.49. The number of oxime groups is 1. The molecule has 1 saturated heterocycles. The highest BCUT2D eigenvalue weighted by molar-refractivity contribution is 6.42. The summed E-state index contributed by atoms with van der Waals surface area (Å²) < 4.78 is 0. The van der Waals surface area contributed by atoms with Crippen LogP contribution in [0, 0.1) is 5.92 Å². The van der Waals surface area contributed by atoms with Gasteiger partial charge in [-0.15, -0.1) is 12.4 Å². The number of rotatable bonds is 10. The smallest absolute Gasteiger partial charge is 0.253 e. The van der Waals surface area contributed by atoms with E-state index in [0.717, 1.165) is 56.6 Å². The molecule has 1 atom stereocenters. The maximum absolute atomic E-state index is 13.0. The Morgan fingerprint density at radius 1 is 1.14 bits per heavy atom. The van der Waals surface area contributed by atoms with Crippen molar-refractivity contribution in [3.05, 3.63) is 69.7 Å².